The van der Waals surface area contributed by atoms with Crippen molar-refractivity contribution in [3.05, 3.63) is 65.2 Å². The average Bonchev–Trinajstić information content (AvgIpc) is 2.49. The molecule has 0 spiro atoms. The van der Waals surface area contributed by atoms with Crippen molar-refractivity contribution in [2.24, 2.45) is 0 Å². The molecule has 0 aliphatic rings. The third kappa shape index (κ3) is 2.48. The molecule has 0 amide bonds. The molecule has 0 saturated carbocycles. The fraction of sp³-hybridized carbons (Fsp3) is 0.133. The van der Waals surface area contributed by atoms with Crippen LogP contribution in [0.4, 0.5) is 0 Å². The molecule has 0 fully saturated rings. The van der Waals surface area contributed by atoms with Crippen LogP contribution < -0.4 is 0 Å². The van der Waals surface area contributed by atoms with Crippen molar-refractivity contribution in [2.75, 3.05) is 0 Å². The van der Waals surface area contributed by atoms with Crippen molar-refractivity contribution >= 4 is 22.6 Å². The minimum absolute atomic E-state index is 0.414. The lowest BCUT2D eigenvalue weighted by Crippen LogP contribution is -2.04. The number of rotatable bonds is 3. The molecule has 2 aromatic heterocycles. The van der Waals surface area contributed by atoms with Gasteiger partial charge >= 0.3 is 0 Å². The van der Waals surface area contributed by atoms with Gasteiger partial charge in [0.25, 0.3) is 0 Å². The lowest BCUT2D eigenvalue weighted by Gasteiger charge is -2.13. The highest BCUT2D eigenvalue weighted by Gasteiger charge is 2.14. The lowest BCUT2D eigenvalue weighted by molar-refractivity contribution is 0.180. The van der Waals surface area contributed by atoms with E-state index < -0.39 is 6.10 Å². The summed E-state index contributed by atoms with van der Waals surface area (Å²) in [7, 11) is 0. The molecule has 1 N–H and O–H groups in total. The van der Waals surface area contributed by atoms with Crippen LogP contribution in [-0.4, -0.2) is 20.1 Å². The van der Waals surface area contributed by atoms with Crippen molar-refractivity contribution < 1.29 is 5.11 Å². The number of aliphatic hydroxyl groups is 1. The number of benzene rings is 1. The van der Waals surface area contributed by atoms with Crippen LogP contribution in [0.3, 0.4) is 0 Å². The highest BCUT2D eigenvalue weighted by molar-refractivity contribution is 6.31. The Labute approximate surface area is 121 Å². The van der Waals surface area contributed by atoms with E-state index in [4.69, 9.17) is 11.6 Å². The SMILES string of the molecule is OC(Cc1ccncc1Cl)c1cccc2nccnc12. The topological polar surface area (TPSA) is 58.9 Å². The highest BCUT2D eigenvalue weighted by Crippen LogP contribution is 2.26. The van der Waals surface area contributed by atoms with Crippen LogP contribution in [0.2, 0.25) is 5.02 Å². The summed E-state index contributed by atoms with van der Waals surface area (Å²) < 4.78 is 0. The van der Waals surface area contributed by atoms with Gasteiger partial charge in [-0.1, -0.05) is 23.7 Å². The Hall–Kier alpha value is -2.04. The maximum absolute atomic E-state index is 10.4. The number of hydrogen-bond donors (Lipinski definition) is 1. The van der Waals surface area contributed by atoms with E-state index in [9.17, 15) is 5.11 Å². The zero-order valence-corrected chi connectivity index (χ0v) is 11.3. The van der Waals surface area contributed by atoms with Gasteiger partial charge in [0.1, 0.15) is 0 Å². The van der Waals surface area contributed by atoms with E-state index in [0.717, 1.165) is 16.6 Å². The summed E-state index contributed by atoms with van der Waals surface area (Å²) >= 11 is 6.07. The van der Waals surface area contributed by atoms with Crippen molar-refractivity contribution in [1.82, 2.24) is 15.0 Å². The van der Waals surface area contributed by atoms with E-state index in [0.29, 0.717) is 17.0 Å². The average molecular weight is 286 g/mol. The highest BCUT2D eigenvalue weighted by atomic mass is 35.5. The first-order chi connectivity index (χ1) is 9.75. The molecule has 3 aromatic rings. The molecule has 2 heterocycles. The number of aliphatic hydroxyl groups excluding tert-OH is 1. The Balaban J connectivity index is 1.97. The predicted octanol–water partition coefficient (Wildman–Crippen LogP) is 2.95. The summed E-state index contributed by atoms with van der Waals surface area (Å²) in [6.45, 7) is 0. The van der Waals surface area contributed by atoms with Crippen LogP contribution >= 0.6 is 11.6 Å². The summed E-state index contributed by atoms with van der Waals surface area (Å²) in [4.78, 5) is 12.5. The van der Waals surface area contributed by atoms with Crippen LogP contribution in [0.15, 0.2) is 49.1 Å². The summed E-state index contributed by atoms with van der Waals surface area (Å²) in [5.74, 6) is 0. The molecular weight excluding hydrogens is 274 g/mol. The second-order valence-electron chi connectivity index (χ2n) is 4.46. The molecule has 100 valence electrons. The quantitative estimate of drug-likeness (QED) is 0.804. The number of para-hydroxylation sites is 1. The molecule has 0 aliphatic heterocycles. The fourth-order valence-corrected chi connectivity index (χ4v) is 2.37. The third-order valence-electron chi connectivity index (χ3n) is 3.16. The Bertz CT molecular complexity index is 743. The van der Waals surface area contributed by atoms with Gasteiger partial charge in [-0.3, -0.25) is 15.0 Å². The fourth-order valence-electron chi connectivity index (χ4n) is 2.17. The molecule has 1 unspecified atom stereocenters. The van der Waals surface area contributed by atoms with Gasteiger partial charge in [0.15, 0.2) is 0 Å². The molecule has 1 atom stereocenters. The minimum atomic E-state index is -0.685. The first-order valence-electron chi connectivity index (χ1n) is 6.22. The predicted molar refractivity (Wildman–Crippen MR) is 77.4 cm³/mol. The molecule has 20 heavy (non-hydrogen) atoms. The Kier molecular flexibility index (Phi) is 3.58. The van der Waals surface area contributed by atoms with Crippen molar-refractivity contribution in [3.63, 3.8) is 0 Å². The van der Waals surface area contributed by atoms with Gasteiger partial charge in [-0.2, -0.15) is 0 Å². The number of halogens is 1. The summed E-state index contributed by atoms with van der Waals surface area (Å²) in [5.41, 5.74) is 3.09. The van der Waals surface area contributed by atoms with Gasteiger partial charge in [-0.15, -0.1) is 0 Å². The largest absolute Gasteiger partial charge is 0.388 e. The molecule has 1 aromatic carbocycles. The lowest BCUT2D eigenvalue weighted by atomic mass is 10.0. The van der Waals surface area contributed by atoms with E-state index in [1.54, 1.807) is 24.8 Å². The molecule has 5 heteroatoms. The van der Waals surface area contributed by atoms with Gasteiger partial charge in [0.2, 0.25) is 0 Å². The van der Waals surface area contributed by atoms with Crippen LogP contribution in [0.1, 0.15) is 17.2 Å². The normalized spacial score (nSPS) is 12.5. The van der Waals surface area contributed by atoms with Crippen LogP contribution in [0.25, 0.3) is 11.0 Å². The number of aromatic nitrogens is 3. The maximum atomic E-state index is 10.4. The summed E-state index contributed by atoms with van der Waals surface area (Å²) in [6, 6.07) is 7.40. The smallest absolute Gasteiger partial charge is 0.0944 e. The number of hydrogen-bond acceptors (Lipinski definition) is 4. The molecule has 3 rings (SSSR count). The Morgan fingerprint density at radius 3 is 2.80 bits per heavy atom. The van der Waals surface area contributed by atoms with E-state index in [-0.39, 0.29) is 0 Å². The van der Waals surface area contributed by atoms with E-state index >= 15 is 0 Å². The molecule has 0 saturated heterocycles. The first-order valence-corrected chi connectivity index (χ1v) is 6.59. The minimum Gasteiger partial charge on any atom is -0.388 e. The number of pyridine rings is 1. The molecule has 0 aliphatic carbocycles. The molecule has 0 radical (unpaired) electrons. The maximum Gasteiger partial charge on any atom is 0.0944 e. The summed E-state index contributed by atoms with van der Waals surface area (Å²) in [5, 5.41) is 11.0. The van der Waals surface area contributed by atoms with Gasteiger partial charge in [-0.25, -0.2) is 0 Å². The van der Waals surface area contributed by atoms with E-state index in [1.165, 1.54) is 0 Å². The second kappa shape index (κ2) is 5.53. The van der Waals surface area contributed by atoms with Gasteiger partial charge < -0.3 is 5.11 Å². The van der Waals surface area contributed by atoms with Crippen LogP contribution in [0.5, 0.6) is 0 Å². The number of nitrogens with zero attached hydrogens (tertiary/aromatic N) is 3. The van der Waals surface area contributed by atoms with Crippen LogP contribution in [-0.2, 0) is 6.42 Å². The zero-order chi connectivity index (χ0) is 13.9. The third-order valence-corrected chi connectivity index (χ3v) is 3.50. The molecular formula is C15H12ClN3O. The van der Waals surface area contributed by atoms with Gasteiger partial charge in [-0.05, 0) is 17.7 Å². The van der Waals surface area contributed by atoms with Crippen molar-refractivity contribution in [1.29, 1.82) is 0 Å². The first kappa shape index (κ1) is 13.0. The standard InChI is InChI=1S/C15H12ClN3O/c16-12-9-17-5-4-10(12)8-14(20)11-2-1-3-13-15(11)19-7-6-18-13/h1-7,9,14,20H,8H2. The van der Waals surface area contributed by atoms with E-state index in [1.807, 2.05) is 24.3 Å². The number of fused-ring (bicyclic) bond motifs is 1. The van der Waals surface area contributed by atoms with E-state index in [2.05, 4.69) is 15.0 Å². The molecule has 0 bridgehead atoms. The van der Waals surface area contributed by atoms with Crippen LogP contribution in [0, 0.1) is 0 Å². The van der Waals surface area contributed by atoms with Crippen molar-refractivity contribution in [2.45, 2.75) is 12.5 Å². The second-order valence-corrected chi connectivity index (χ2v) is 4.87. The van der Waals surface area contributed by atoms with Gasteiger partial charge in [0, 0.05) is 36.8 Å². The van der Waals surface area contributed by atoms with Gasteiger partial charge in [0.05, 0.1) is 22.2 Å². The Morgan fingerprint density at radius 1 is 1.10 bits per heavy atom. The monoisotopic (exact) mass is 285 g/mol. The zero-order valence-electron chi connectivity index (χ0n) is 10.6. The summed E-state index contributed by atoms with van der Waals surface area (Å²) in [6.07, 6.45) is 6.23. The van der Waals surface area contributed by atoms with Crippen molar-refractivity contribution in [3.8, 4) is 0 Å². The Morgan fingerprint density at radius 2 is 1.95 bits per heavy atom. The molecule has 4 nitrogen and oxygen atoms in total.